The van der Waals surface area contributed by atoms with E-state index in [2.05, 4.69) is 6.07 Å². The maximum absolute atomic E-state index is 11.6. The molecule has 1 aliphatic heterocycles. The van der Waals surface area contributed by atoms with E-state index >= 15 is 0 Å². The fourth-order valence-corrected chi connectivity index (χ4v) is 3.47. The van der Waals surface area contributed by atoms with E-state index in [1.54, 1.807) is 11.8 Å². The molecule has 0 saturated heterocycles. The van der Waals surface area contributed by atoms with E-state index < -0.39 is 0 Å². The molecule has 1 aromatic rings. The fourth-order valence-electron chi connectivity index (χ4n) is 1.87. The fraction of sp³-hybridized carbons (Fsp3) is 0.385. The van der Waals surface area contributed by atoms with Crippen molar-refractivity contribution in [2.45, 2.75) is 23.5 Å². The summed E-state index contributed by atoms with van der Waals surface area (Å²) in [5.41, 5.74) is 1.10. The van der Waals surface area contributed by atoms with Gasteiger partial charge in [-0.1, -0.05) is 24.4 Å². The van der Waals surface area contributed by atoms with Gasteiger partial charge in [-0.05, 0) is 19.1 Å². The molecular weight excluding hydrogens is 266 g/mol. The van der Waals surface area contributed by atoms with Gasteiger partial charge in [0, 0.05) is 11.9 Å². The summed E-state index contributed by atoms with van der Waals surface area (Å²) in [6.07, 6.45) is 0.329. The van der Waals surface area contributed by atoms with Crippen molar-refractivity contribution in [2.75, 3.05) is 18.6 Å². The summed E-state index contributed by atoms with van der Waals surface area (Å²) in [6, 6.07) is 8.07. The molecule has 3 nitrogen and oxygen atoms in total. The number of carbonyl (C=O) groups is 1. The molecule has 0 radical (unpaired) electrons. The molecule has 5 heteroatoms. The third kappa shape index (κ3) is 2.67. The number of hydrogen-bond acceptors (Lipinski definition) is 4. The lowest BCUT2D eigenvalue weighted by Crippen LogP contribution is -2.37. The normalized spacial score (nSPS) is 18.4. The Balaban J connectivity index is 2.17. The van der Waals surface area contributed by atoms with Gasteiger partial charge in [-0.3, -0.25) is 4.79 Å². The molecule has 1 atom stereocenters. The monoisotopic (exact) mass is 281 g/mol. The lowest BCUT2D eigenvalue weighted by molar-refractivity contribution is -0.142. The van der Waals surface area contributed by atoms with Crippen LogP contribution < -0.4 is 4.90 Å². The van der Waals surface area contributed by atoms with Crippen LogP contribution in [-0.4, -0.2) is 29.9 Å². The molecule has 1 aromatic carbocycles. The molecule has 0 aromatic heterocycles. The Labute approximate surface area is 116 Å². The van der Waals surface area contributed by atoms with Crippen LogP contribution in [0.3, 0.4) is 0 Å². The standard InChI is InChI=1S/C13H15NO2S2/c1-3-16-12(15)8-11-13(17)14(2)9-6-4-5-7-10(9)18-11/h4-7,11H,3,8H2,1-2H3. The number of anilines is 1. The van der Waals surface area contributed by atoms with Crippen molar-refractivity contribution >= 4 is 40.6 Å². The number of para-hydroxylation sites is 1. The Hall–Kier alpha value is -1.07. The summed E-state index contributed by atoms with van der Waals surface area (Å²) in [6.45, 7) is 2.22. The Bertz CT molecular complexity index is 476. The van der Waals surface area contributed by atoms with E-state index in [9.17, 15) is 4.79 Å². The van der Waals surface area contributed by atoms with Crippen LogP contribution in [0.2, 0.25) is 0 Å². The molecule has 0 fully saturated rings. The highest BCUT2D eigenvalue weighted by molar-refractivity contribution is 8.02. The first-order valence-electron chi connectivity index (χ1n) is 5.82. The second kappa shape index (κ2) is 5.71. The first-order chi connectivity index (χ1) is 8.63. The van der Waals surface area contributed by atoms with Crippen LogP contribution in [0.4, 0.5) is 5.69 Å². The number of hydrogen-bond donors (Lipinski definition) is 0. The van der Waals surface area contributed by atoms with Crippen molar-refractivity contribution < 1.29 is 9.53 Å². The molecule has 1 unspecified atom stereocenters. The molecule has 1 aliphatic rings. The molecule has 0 saturated carbocycles. The first kappa shape index (κ1) is 13.4. The largest absolute Gasteiger partial charge is 0.466 e. The van der Waals surface area contributed by atoms with E-state index in [1.807, 2.05) is 37.1 Å². The van der Waals surface area contributed by atoms with E-state index in [1.165, 1.54) is 0 Å². The van der Waals surface area contributed by atoms with Crippen molar-refractivity contribution in [3.05, 3.63) is 24.3 Å². The molecule has 0 aliphatic carbocycles. The number of rotatable bonds is 3. The van der Waals surface area contributed by atoms with Gasteiger partial charge in [0.25, 0.3) is 0 Å². The van der Waals surface area contributed by atoms with Crippen molar-refractivity contribution in [3.8, 4) is 0 Å². The summed E-state index contributed by atoms with van der Waals surface area (Å²) in [4.78, 5) is 15.5. The van der Waals surface area contributed by atoms with Gasteiger partial charge >= 0.3 is 5.97 Å². The average Bonchev–Trinajstić information content (AvgIpc) is 2.36. The predicted molar refractivity (Wildman–Crippen MR) is 78.3 cm³/mol. The molecule has 0 bridgehead atoms. The molecule has 2 rings (SSSR count). The number of benzene rings is 1. The molecular formula is C13H15NO2S2. The minimum absolute atomic E-state index is 0.0149. The highest BCUT2D eigenvalue weighted by Gasteiger charge is 2.29. The summed E-state index contributed by atoms with van der Waals surface area (Å²) < 4.78 is 4.99. The maximum Gasteiger partial charge on any atom is 0.307 e. The molecule has 18 heavy (non-hydrogen) atoms. The number of thiocarbonyl (C=S) groups is 1. The number of nitrogens with zero attached hydrogens (tertiary/aromatic N) is 1. The van der Waals surface area contributed by atoms with Crippen LogP contribution in [0.1, 0.15) is 13.3 Å². The highest BCUT2D eigenvalue weighted by Crippen LogP contribution is 2.40. The number of esters is 1. The topological polar surface area (TPSA) is 29.5 Å². The van der Waals surface area contributed by atoms with Gasteiger partial charge in [0.15, 0.2) is 0 Å². The van der Waals surface area contributed by atoms with Crippen molar-refractivity contribution in [1.82, 2.24) is 0 Å². The number of carbonyl (C=O) groups excluding carboxylic acids is 1. The summed E-state index contributed by atoms with van der Waals surface area (Å²) in [5, 5.41) is -0.0149. The van der Waals surface area contributed by atoms with Crippen LogP contribution >= 0.6 is 24.0 Å². The average molecular weight is 281 g/mol. The summed E-state index contributed by atoms with van der Waals surface area (Å²) in [5.74, 6) is -0.190. The Kier molecular flexibility index (Phi) is 4.24. The second-order valence-corrected chi connectivity index (χ2v) is 5.64. The van der Waals surface area contributed by atoms with E-state index in [0.717, 1.165) is 15.6 Å². The third-order valence-corrected chi connectivity index (χ3v) is 4.74. The van der Waals surface area contributed by atoms with Crippen LogP contribution in [0.5, 0.6) is 0 Å². The molecule has 96 valence electrons. The van der Waals surface area contributed by atoms with Crippen molar-refractivity contribution in [2.24, 2.45) is 0 Å². The van der Waals surface area contributed by atoms with E-state index in [0.29, 0.717) is 13.0 Å². The zero-order chi connectivity index (χ0) is 13.1. The van der Waals surface area contributed by atoms with Gasteiger partial charge in [-0.25, -0.2) is 0 Å². The van der Waals surface area contributed by atoms with Crippen LogP contribution in [0.15, 0.2) is 29.2 Å². The van der Waals surface area contributed by atoms with Crippen molar-refractivity contribution in [1.29, 1.82) is 0 Å². The zero-order valence-corrected chi connectivity index (χ0v) is 12.0. The summed E-state index contributed by atoms with van der Waals surface area (Å²) >= 11 is 7.07. The van der Waals surface area contributed by atoms with Gasteiger partial charge in [0.05, 0.1) is 29.0 Å². The molecule has 0 spiro atoms. The lowest BCUT2D eigenvalue weighted by atomic mass is 10.2. The Morgan fingerprint density at radius 1 is 1.50 bits per heavy atom. The zero-order valence-electron chi connectivity index (χ0n) is 10.4. The number of fused-ring (bicyclic) bond motifs is 1. The lowest BCUT2D eigenvalue weighted by Gasteiger charge is -2.33. The van der Waals surface area contributed by atoms with E-state index in [-0.39, 0.29) is 11.2 Å². The van der Waals surface area contributed by atoms with Gasteiger partial charge in [-0.2, -0.15) is 0 Å². The van der Waals surface area contributed by atoms with Gasteiger partial charge < -0.3 is 9.64 Å². The predicted octanol–water partition coefficient (Wildman–Crippen LogP) is 2.88. The maximum atomic E-state index is 11.6. The van der Waals surface area contributed by atoms with Crippen LogP contribution in [0.25, 0.3) is 0 Å². The van der Waals surface area contributed by atoms with Crippen LogP contribution in [0, 0.1) is 0 Å². The van der Waals surface area contributed by atoms with Crippen molar-refractivity contribution in [3.63, 3.8) is 0 Å². The van der Waals surface area contributed by atoms with Gasteiger partial charge in [-0.15, -0.1) is 11.8 Å². The van der Waals surface area contributed by atoms with Crippen LogP contribution in [-0.2, 0) is 9.53 Å². The SMILES string of the molecule is CCOC(=O)CC1Sc2ccccc2N(C)C1=S. The minimum atomic E-state index is -0.190. The third-order valence-electron chi connectivity index (χ3n) is 2.76. The van der Waals surface area contributed by atoms with E-state index in [4.69, 9.17) is 17.0 Å². The second-order valence-electron chi connectivity index (χ2n) is 3.98. The van der Waals surface area contributed by atoms with Gasteiger partial charge in [0.2, 0.25) is 0 Å². The smallest absolute Gasteiger partial charge is 0.307 e. The Morgan fingerprint density at radius 2 is 2.22 bits per heavy atom. The highest BCUT2D eigenvalue weighted by atomic mass is 32.2. The molecule has 0 N–H and O–H groups in total. The minimum Gasteiger partial charge on any atom is -0.466 e. The number of thioether (sulfide) groups is 1. The number of ether oxygens (including phenoxy) is 1. The Morgan fingerprint density at radius 3 is 2.94 bits per heavy atom. The molecule has 0 amide bonds. The molecule has 1 heterocycles. The first-order valence-corrected chi connectivity index (χ1v) is 7.11. The summed E-state index contributed by atoms with van der Waals surface area (Å²) in [7, 11) is 1.94. The quantitative estimate of drug-likeness (QED) is 0.628. The van der Waals surface area contributed by atoms with Gasteiger partial charge in [0.1, 0.15) is 0 Å².